The van der Waals surface area contributed by atoms with E-state index in [9.17, 15) is 4.79 Å². The van der Waals surface area contributed by atoms with E-state index in [0.29, 0.717) is 35.4 Å². The molecule has 112 valence electrons. The number of ether oxygens (including phenoxy) is 1. The Labute approximate surface area is 126 Å². The van der Waals surface area contributed by atoms with Crippen LogP contribution in [0, 0.1) is 5.92 Å². The molecule has 0 bridgehead atoms. The molecule has 0 aliphatic rings. The Balaban J connectivity index is 2.90. The number of Topliss-reactive ketones (excluding diaryl/α,β-unsaturated/α-hetero) is 1. The first kappa shape index (κ1) is 17.0. The van der Waals surface area contributed by atoms with Crippen LogP contribution in [0.5, 0.6) is 5.75 Å². The van der Waals surface area contributed by atoms with Crippen LogP contribution in [-0.2, 0) is 0 Å². The molecule has 0 atom stereocenters. The molecule has 0 fully saturated rings. The maximum Gasteiger partial charge on any atom is 0.180 e. The predicted molar refractivity (Wildman–Crippen MR) is 83.9 cm³/mol. The number of ketones is 1. The highest BCUT2D eigenvalue weighted by Crippen LogP contribution is 2.24. The van der Waals surface area contributed by atoms with Crippen molar-refractivity contribution in [3.05, 3.63) is 28.8 Å². The number of carbonyl (C=O) groups is 1. The minimum Gasteiger partial charge on any atom is -0.493 e. The third-order valence-electron chi connectivity index (χ3n) is 3.08. The molecule has 0 aliphatic carbocycles. The summed E-state index contributed by atoms with van der Waals surface area (Å²) in [5.41, 5.74) is 0.574. The van der Waals surface area contributed by atoms with Crippen molar-refractivity contribution in [3.8, 4) is 5.75 Å². The van der Waals surface area contributed by atoms with Crippen molar-refractivity contribution in [1.29, 1.82) is 0 Å². The maximum atomic E-state index is 12.4. The van der Waals surface area contributed by atoms with E-state index in [0.717, 1.165) is 13.1 Å². The molecule has 0 amide bonds. The zero-order valence-electron chi connectivity index (χ0n) is 12.8. The number of rotatable bonds is 8. The summed E-state index contributed by atoms with van der Waals surface area (Å²) in [5, 5.41) is 0.560. The molecule has 0 N–H and O–H groups in total. The molecule has 0 unspecified atom stereocenters. The highest BCUT2D eigenvalue weighted by molar-refractivity contribution is 6.31. The van der Waals surface area contributed by atoms with Crippen LogP contribution in [-0.4, -0.2) is 36.9 Å². The van der Waals surface area contributed by atoms with E-state index < -0.39 is 0 Å². The molecule has 0 saturated carbocycles. The first-order chi connectivity index (χ1) is 9.47. The quantitative estimate of drug-likeness (QED) is 0.682. The first-order valence-electron chi connectivity index (χ1n) is 7.15. The van der Waals surface area contributed by atoms with Gasteiger partial charge in [0, 0.05) is 5.02 Å². The van der Waals surface area contributed by atoms with Gasteiger partial charge in [0.15, 0.2) is 5.78 Å². The van der Waals surface area contributed by atoms with Gasteiger partial charge >= 0.3 is 0 Å². The smallest absolute Gasteiger partial charge is 0.180 e. The lowest BCUT2D eigenvalue weighted by Crippen LogP contribution is -2.29. The maximum absolute atomic E-state index is 12.4. The van der Waals surface area contributed by atoms with Crippen LogP contribution < -0.4 is 4.74 Å². The molecule has 4 heteroatoms. The van der Waals surface area contributed by atoms with Crippen LogP contribution in [0.4, 0.5) is 0 Å². The average Bonchev–Trinajstić information content (AvgIpc) is 2.42. The van der Waals surface area contributed by atoms with E-state index in [4.69, 9.17) is 16.3 Å². The van der Waals surface area contributed by atoms with E-state index in [1.165, 1.54) is 0 Å². The van der Waals surface area contributed by atoms with Gasteiger partial charge in [0.05, 0.1) is 18.7 Å². The molecule has 0 aromatic heterocycles. The first-order valence-corrected chi connectivity index (χ1v) is 7.53. The lowest BCUT2D eigenvalue weighted by atomic mass is 10.1. The standard InChI is InChI=1S/C16H24ClNO2/c1-5-18(6-2)10-15(19)14-9-13(17)7-8-16(14)20-11-12(3)4/h7-9,12H,5-6,10-11H2,1-4H3. The van der Waals surface area contributed by atoms with Crippen LogP contribution in [0.3, 0.4) is 0 Å². The van der Waals surface area contributed by atoms with E-state index in [1.807, 2.05) is 13.8 Å². The van der Waals surface area contributed by atoms with Crippen LogP contribution in [0.25, 0.3) is 0 Å². The van der Waals surface area contributed by atoms with Gasteiger partial charge in [-0.15, -0.1) is 0 Å². The predicted octanol–water partition coefficient (Wildman–Crippen LogP) is 3.90. The van der Waals surface area contributed by atoms with Crippen molar-refractivity contribution < 1.29 is 9.53 Å². The van der Waals surface area contributed by atoms with Crippen molar-refractivity contribution in [2.75, 3.05) is 26.2 Å². The minimum absolute atomic E-state index is 0.0509. The monoisotopic (exact) mass is 297 g/mol. The van der Waals surface area contributed by atoms with Gasteiger partial charge in [-0.2, -0.15) is 0 Å². The third kappa shape index (κ3) is 5.14. The molecule has 0 heterocycles. The van der Waals surface area contributed by atoms with Gasteiger partial charge in [0.1, 0.15) is 5.75 Å². The fraction of sp³-hybridized carbons (Fsp3) is 0.562. The van der Waals surface area contributed by atoms with Crippen molar-refractivity contribution in [2.24, 2.45) is 5.92 Å². The Morgan fingerprint density at radius 3 is 2.50 bits per heavy atom. The van der Waals surface area contributed by atoms with Crippen molar-refractivity contribution in [3.63, 3.8) is 0 Å². The van der Waals surface area contributed by atoms with E-state index in [1.54, 1.807) is 18.2 Å². The van der Waals surface area contributed by atoms with Gasteiger partial charge in [-0.05, 0) is 37.2 Å². The second-order valence-electron chi connectivity index (χ2n) is 5.23. The molecular weight excluding hydrogens is 274 g/mol. The van der Waals surface area contributed by atoms with Crippen LogP contribution >= 0.6 is 11.6 Å². The molecule has 0 aliphatic heterocycles. The summed E-state index contributed by atoms with van der Waals surface area (Å²) in [6.45, 7) is 10.9. The van der Waals surface area contributed by atoms with Crippen LogP contribution in [0.15, 0.2) is 18.2 Å². The molecule has 1 aromatic carbocycles. The number of hydrogen-bond acceptors (Lipinski definition) is 3. The molecule has 20 heavy (non-hydrogen) atoms. The SMILES string of the molecule is CCN(CC)CC(=O)c1cc(Cl)ccc1OCC(C)C. The van der Waals surface area contributed by atoms with E-state index in [-0.39, 0.29) is 5.78 Å². The zero-order valence-corrected chi connectivity index (χ0v) is 13.5. The molecule has 1 aromatic rings. The number of halogens is 1. The summed E-state index contributed by atoms with van der Waals surface area (Å²) >= 11 is 6.01. The largest absolute Gasteiger partial charge is 0.493 e. The van der Waals surface area contributed by atoms with E-state index in [2.05, 4.69) is 18.7 Å². The van der Waals surface area contributed by atoms with Crippen molar-refractivity contribution in [2.45, 2.75) is 27.7 Å². The summed E-state index contributed by atoms with van der Waals surface area (Å²) in [5.74, 6) is 1.09. The lowest BCUT2D eigenvalue weighted by molar-refractivity contribution is 0.0932. The van der Waals surface area contributed by atoms with Gasteiger partial charge < -0.3 is 4.74 Å². The van der Waals surface area contributed by atoms with Gasteiger partial charge in [-0.3, -0.25) is 9.69 Å². The highest BCUT2D eigenvalue weighted by atomic mass is 35.5. The third-order valence-corrected chi connectivity index (χ3v) is 3.31. The topological polar surface area (TPSA) is 29.5 Å². The Morgan fingerprint density at radius 2 is 1.95 bits per heavy atom. The second kappa shape index (κ2) is 8.28. The zero-order chi connectivity index (χ0) is 15.1. The summed E-state index contributed by atoms with van der Waals surface area (Å²) in [6.07, 6.45) is 0. The van der Waals surface area contributed by atoms with Crippen molar-refractivity contribution >= 4 is 17.4 Å². The number of hydrogen-bond donors (Lipinski definition) is 0. The molecule has 1 rings (SSSR count). The fourth-order valence-electron chi connectivity index (χ4n) is 1.84. The Morgan fingerprint density at radius 1 is 1.30 bits per heavy atom. The minimum atomic E-state index is 0.0509. The van der Waals surface area contributed by atoms with E-state index >= 15 is 0 Å². The van der Waals surface area contributed by atoms with Crippen LogP contribution in [0.2, 0.25) is 5.02 Å². The average molecular weight is 298 g/mol. The fourth-order valence-corrected chi connectivity index (χ4v) is 2.01. The Hall–Kier alpha value is -1.06. The molecule has 3 nitrogen and oxygen atoms in total. The molecular formula is C16H24ClNO2. The molecule has 0 radical (unpaired) electrons. The number of carbonyl (C=O) groups excluding carboxylic acids is 1. The van der Waals surface area contributed by atoms with Gasteiger partial charge in [0.2, 0.25) is 0 Å². The number of nitrogens with zero attached hydrogens (tertiary/aromatic N) is 1. The van der Waals surface area contributed by atoms with Gasteiger partial charge in [0.25, 0.3) is 0 Å². The molecule has 0 saturated heterocycles. The van der Waals surface area contributed by atoms with Crippen LogP contribution in [0.1, 0.15) is 38.1 Å². The molecule has 0 spiro atoms. The summed E-state index contributed by atoms with van der Waals surface area (Å²) in [6, 6.07) is 5.23. The van der Waals surface area contributed by atoms with Gasteiger partial charge in [-0.1, -0.05) is 39.3 Å². The Kier molecular flexibility index (Phi) is 7.03. The summed E-state index contributed by atoms with van der Waals surface area (Å²) < 4.78 is 5.73. The Bertz CT molecular complexity index is 442. The normalized spacial score (nSPS) is 11.2. The van der Waals surface area contributed by atoms with Gasteiger partial charge in [-0.25, -0.2) is 0 Å². The summed E-state index contributed by atoms with van der Waals surface area (Å²) in [4.78, 5) is 14.5. The second-order valence-corrected chi connectivity index (χ2v) is 5.67. The number of likely N-dealkylation sites (N-methyl/N-ethyl adjacent to an activating group) is 1. The summed E-state index contributed by atoms with van der Waals surface area (Å²) in [7, 11) is 0. The lowest BCUT2D eigenvalue weighted by Gasteiger charge is -2.18. The highest BCUT2D eigenvalue weighted by Gasteiger charge is 2.16. The van der Waals surface area contributed by atoms with Crippen molar-refractivity contribution in [1.82, 2.24) is 4.90 Å². The number of benzene rings is 1.